The monoisotopic (exact) mass is 154 g/mol. The summed E-state index contributed by atoms with van der Waals surface area (Å²) in [6, 6.07) is 0. The Labute approximate surface area is 68.8 Å². The molecule has 0 aromatic rings. The van der Waals surface area contributed by atoms with Gasteiger partial charge in [0.2, 0.25) is 0 Å². The van der Waals surface area contributed by atoms with Gasteiger partial charge in [-0.25, -0.2) is 0 Å². The van der Waals surface area contributed by atoms with Gasteiger partial charge in [0.25, 0.3) is 0 Å². The number of rotatable bonds is 5. The largest absolute Gasteiger partial charge is 0.393 e. The van der Waals surface area contributed by atoms with E-state index in [1.807, 2.05) is 0 Å². The summed E-state index contributed by atoms with van der Waals surface area (Å²) >= 11 is 0. The van der Waals surface area contributed by atoms with E-state index < -0.39 is 0 Å². The molecule has 2 aliphatic rings. The van der Waals surface area contributed by atoms with Crippen LogP contribution in [0, 0.1) is 11.8 Å². The molecule has 0 spiro atoms. The molecule has 2 saturated carbocycles. The predicted octanol–water partition coefficient (Wildman–Crippen LogP) is 2.34. The normalized spacial score (nSPS) is 27.0. The Morgan fingerprint density at radius 1 is 1.09 bits per heavy atom. The third-order valence-electron chi connectivity index (χ3n) is 2.91. The third kappa shape index (κ3) is 2.82. The van der Waals surface area contributed by atoms with Gasteiger partial charge in [0.05, 0.1) is 6.10 Å². The van der Waals surface area contributed by atoms with Crippen LogP contribution in [0.25, 0.3) is 0 Å². The quantitative estimate of drug-likeness (QED) is 0.644. The lowest BCUT2D eigenvalue weighted by Gasteiger charge is -2.07. The van der Waals surface area contributed by atoms with Crippen molar-refractivity contribution in [2.24, 2.45) is 11.8 Å². The summed E-state index contributed by atoms with van der Waals surface area (Å²) in [5, 5.41) is 9.54. The molecular weight excluding hydrogens is 136 g/mol. The van der Waals surface area contributed by atoms with Gasteiger partial charge in [0.1, 0.15) is 0 Å². The molecule has 0 radical (unpaired) electrons. The molecular formula is C10H18O. The average Bonchev–Trinajstić information content (AvgIpc) is 2.80. The van der Waals surface area contributed by atoms with Gasteiger partial charge >= 0.3 is 0 Å². The molecule has 1 unspecified atom stereocenters. The van der Waals surface area contributed by atoms with Crippen molar-refractivity contribution in [1.29, 1.82) is 0 Å². The highest BCUT2D eigenvalue weighted by molar-refractivity contribution is 4.79. The maximum atomic E-state index is 9.54. The lowest BCUT2D eigenvalue weighted by molar-refractivity contribution is 0.143. The SMILES string of the molecule is OC(CCC1CC1)CC1CC1. The molecule has 2 aliphatic carbocycles. The first kappa shape index (κ1) is 7.60. The van der Waals surface area contributed by atoms with Crippen molar-refractivity contribution >= 4 is 0 Å². The minimum absolute atomic E-state index is 0.0306. The van der Waals surface area contributed by atoms with Gasteiger partial charge in [-0.3, -0.25) is 0 Å². The standard InChI is InChI=1S/C10H18O/c11-10(7-9-3-4-9)6-5-8-1-2-8/h8-11H,1-7H2. The van der Waals surface area contributed by atoms with E-state index in [1.165, 1.54) is 32.1 Å². The van der Waals surface area contributed by atoms with E-state index >= 15 is 0 Å². The number of hydrogen-bond donors (Lipinski definition) is 1. The first-order chi connectivity index (χ1) is 5.34. The first-order valence-corrected chi connectivity index (χ1v) is 5.02. The van der Waals surface area contributed by atoms with Crippen LogP contribution in [0.4, 0.5) is 0 Å². The van der Waals surface area contributed by atoms with Gasteiger partial charge < -0.3 is 5.11 Å². The van der Waals surface area contributed by atoms with Gasteiger partial charge in [0, 0.05) is 0 Å². The molecule has 64 valence electrons. The fraction of sp³-hybridized carbons (Fsp3) is 1.00. The summed E-state index contributed by atoms with van der Waals surface area (Å²) in [4.78, 5) is 0. The van der Waals surface area contributed by atoms with Crippen molar-refractivity contribution in [2.45, 2.75) is 51.0 Å². The number of aliphatic hydroxyl groups is 1. The molecule has 2 fully saturated rings. The Kier molecular flexibility index (Phi) is 2.17. The van der Waals surface area contributed by atoms with Crippen LogP contribution in [-0.4, -0.2) is 11.2 Å². The van der Waals surface area contributed by atoms with Gasteiger partial charge in [0.15, 0.2) is 0 Å². The summed E-state index contributed by atoms with van der Waals surface area (Å²) < 4.78 is 0. The predicted molar refractivity (Wildman–Crippen MR) is 45.3 cm³/mol. The summed E-state index contributed by atoms with van der Waals surface area (Å²) in [6.45, 7) is 0. The van der Waals surface area contributed by atoms with Crippen LogP contribution in [0.3, 0.4) is 0 Å². The lowest BCUT2D eigenvalue weighted by atomic mass is 10.1. The van der Waals surface area contributed by atoms with E-state index in [2.05, 4.69) is 0 Å². The molecule has 1 nitrogen and oxygen atoms in total. The van der Waals surface area contributed by atoms with Crippen molar-refractivity contribution in [3.8, 4) is 0 Å². The molecule has 0 aromatic heterocycles. The summed E-state index contributed by atoms with van der Waals surface area (Å²) in [6.07, 6.45) is 9.08. The van der Waals surface area contributed by atoms with Crippen molar-refractivity contribution in [1.82, 2.24) is 0 Å². The first-order valence-electron chi connectivity index (χ1n) is 5.02. The van der Waals surface area contributed by atoms with Crippen LogP contribution in [0.2, 0.25) is 0 Å². The molecule has 0 aliphatic heterocycles. The second-order valence-corrected chi connectivity index (χ2v) is 4.35. The summed E-state index contributed by atoms with van der Waals surface area (Å²) in [5.41, 5.74) is 0. The van der Waals surface area contributed by atoms with Gasteiger partial charge in [-0.2, -0.15) is 0 Å². The molecule has 0 heterocycles. The molecule has 11 heavy (non-hydrogen) atoms. The number of aliphatic hydroxyl groups excluding tert-OH is 1. The molecule has 2 rings (SSSR count). The van der Waals surface area contributed by atoms with Crippen molar-refractivity contribution in [3.05, 3.63) is 0 Å². The maximum absolute atomic E-state index is 9.54. The topological polar surface area (TPSA) is 20.2 Å². The third-order valence-corrected chi connectivity index (χ3v) is 2.91. The molecule has 0 aromatic carbocycles. The Morgan fingerprint density at radius 2 is 1.73 bits per heavy atom. The smallest absolute Gasteiger partial charge is 0.0543 e. The van der Waals surface area contributed by atoms with E-state index in [9.17, 15) is 5.11 Å². The van der Waals surface area contributed by atoms with Crippen LogP contribution in [0.1, 0.15) is 44.9 Å². The van der Waals surface area contributed by atoms with E-state index in [-0.39, 0.29) is 6.10 Å². The Bertz CT molecular complexity index is 125. The Morgan fingerprint density at radius 3 is 2.27 bits per heavy atom. The maximum Gasteiger partial charge on any atom is 0.0543 e. The van der Waals surface area contributed by atoms with Crippen molar-refractivity contribution < 1.29 is 5.11 Å². The zero-order valence-electron chi connectivity index (χ0n) is 7.13. The van der Waals surface area contributed by atoms with Crippen molar-refractivity contribution in [3.63, 3.8) is 0 Å². The molecule has 1 atom stereocenters. The molecule has 1 N–H and O–H groups in total. The van der Waals surface area contributed by atoms with Crippen LogP contribution >= 0.6 is 0 Å². The van der Waals surface area contributed by atoms with Crippen LogP contribution < -0.4 is 0 Å². The van der Waals surface area contributed by atoms with Gasteiger partial charge in [-0.1, -0.05) is 25.7 Å². The van der Waals surface area contributed by atoms with Crippen LogP contribution in [0.5, 0.6) is 0 Å². The minimum atomic E-state index is 0.0306. The molecule has 0 bridgehead atoms. The van der Waals surface area contributed by atoms with E-state index in [4.69, 9.17) is 0 Å². The highest BCUT2D eigenvalue weighted by Gasteiger charge is 2.26. The second-order valence-electron chi connectivity index (χ2n) is 4.35. The average molecular weight is 154 g/mol. The van der Waals surface area contributed by atoms with Gasteiger partial charge in [-0.15, -0.1) is 0 Å². The molecule has 0 amide bonds. The highest BCUT2D eigenvalue weighted by Crippen LogP contribution is 2.37. The fourth-order valence-electron chi connectivity index (χ4n) is 1.69. The Balaban J connectivity index is 1.52. The second kappa shape index (κ2) is 3.14. The van der Waals surface area contributed by atoms with Gasteiger partial charge in [-0.05, 0) is 31.1 Å². The van der Waals surface area contributed by atoms with Crippen LogP contribution in [-0.2, 0) is 0 Å². The zero-order chi connectivity index (χ0) is 7.68. The van der Waals surface area contributed by atoms with E-state index in [1.54, 1.807) is 0 Å². The lowest BCUT2D eigenvalue weighted by Crippen LogP contribution is -2.07. The number of hydrogen-bond acceptors (Lipinski definition) is 1. The molecule has 0 saturated heterocycles. The zero-order valence-corrected chi connectivity index (χ0v) is 7.13. The van der Waals surface area contributed by atoms with Crippen LogP contribution in [0.15, 0.2) is 0 Å². The fourth-order valence-corrected chi connectivity index (χ4v) is 1.69. The van der Waals surface area contributed by atoms with E-state index in [0.29, 0.717) is 0 Å². The van der Waals surface area contributed by atoms with Crippen molar-refractivity contribution in [2.75, 3.05) is 0 Å². The summed E-state index contributed by atoms with van der Waals surface area (Å²) in [5.74, 6) is 1.88. The summed E-state index contributed by atoms with van der Waals surface area (Å²) in [7, 11) is 0. The Hall–Kier alpha value is -0.0400. The molecule has 1 heteroatoms. The van der Waals surface area contributed by atoms with E-state index in [0.717, 1.165) is 24.7 Å². The minimum Gasteiger partial charge on any atom is -0.393 e. The highest BCUT2D eigenvalue weighted by atomic mass is 16.3.